The van der Waals surface area contributed by atoms with E-state index in [4.69, 9.17) is 4.84 Å². The maximum atomic E-state index is 4.70. The molecule has 0 saturated carbocycles. The summed E-state index contributed by atoms with van der Waals surface area (Å²) in [7, 11) is 0. The molecule has 4 heteroatoms. The van der Waals surface area contributed by atoms with Crippen LogP contribution in [0.2, 0.25) is 0 Å². The summed E-state index contributed by atoms with van der Waals surface area (Å²) in [6.07, 6.45) is 3.54. The number of hydrogen-bond acceptors (Lipinski definition) is 3. The first-order valence-corrected chi connectivity index (χ1v) is 2.37. The van der Waals surface area contributed by atoms with Crippen LogP contribution >= 0.6 is 0 Å². The molecule has 0 amide bonds. The number of hydroxylamine groups is 1. The molecular formula is C4H5N3O. The third-order valence-electron chi connectivity index (χ3n) is 0.988. The Balaban J connectivity index is 2.28. The lowest BCUT2D eigenvalue weighted by Gasteiger charge is -1.85. The second kappa shape index (κ2) is 1.30. The van der Waals surface area contributed by atoms with Gasteiger partial charge in [0.1, 0.15) is 0 Å². The first-order valence-electron chi connectivity index (χ1n) is 2.37. The standard InChI is InChI=1S/C4H5N3O/c1-2-5-7(3-1)4-6-8-4/h1-4,6H. The van der Waals surface area contributed by atoms with Gasteiger partial charge in [0.2, 0.25) is 6.35 Å². The van der Waals surface area contributed by atoms with E-state index < -0.39 is 0 Å². The van der Waals surface area contributed by atoms with Gasteiger partial charge in [0.05, 0.1) is 0 Å². The fraction of sp³-hybridized carbons (Fsp3) is 0.250. The Kier molecular flexibility index (Phi) is 0.660. The van der Waals surface area contributed by atoms with Crippen LogP contribution in [0.1, 0.15) is 6.35 Å². The zero-order chi connectivity index (χ0) is 5.40. The third-order valence-corrected chi connectivity index (χ3v) is 0.988. The Morgan fingerprint density at radius 2 is 2.62 bits per heavy atom. The van der Waals surface area contributed by atoms with E-state index >= 15 is 0 Å². The molecule has 8 heavy (non-hydrogen) atoms. The largest absolute Gasteiger partial charge is 0.252 e. The second-order valence-corrected chi connectivity index (χ2v) is 1.57. The van der Waals surface area contributed by atoms with Gasteiger partial charge in [-0.05, 0) is 6.07 Å². The van der Waals surface area contributed by atoms with Crippen LogP contribution in [0.25, 0.3) is 0 Å². The molecule has 0 bridgehead atoms. The normalized spacial score (nSPS) is 25.8. The summed E-state index contributed by atoms with van der Waals surface area (Å²) in [6, 6.07) is 1.85. The number of nitrogens with one attached hydrogen (secondary N) is 1. The van der Waals surface area contributed by atoms with Crippen molar-refractivity contribution in [1.82, 2.24) is 15.3 Å². The van der Waals surface area contributed by atoms with E-state index in [9.17, 15) is 0 Å². The van der Waals surface area contributed by atoms with Crippen molar-refractivity contribution < 1.29 is 4.84 Å². The highest BCUT2D eigenvalue weighted by atomic mass is 16.8. The first-order chi connectivity index (χ1) is 3.97. The number of aromatic nitrogens is 2. The summed E-state index contributed by atoms with van der Waals surface area (Å²) in [4.78, 5) is 4.70. The van der Waals surface area contributed by atoms with Crippen molar-refractivity contribution in [2.75, 3.05) is 0 Å². The summed E-state index contributed by atoms with van der Waals surface area (Å²) in [5.74, 6) is 0. The molecule has 1 aromatic heterocycles. The lowest BCUT2D eigenvalue weighted by Crippen LogP contribution is -1.96. The van der Waals surface area contributed by atoms with Gasteiger partial charge in [-0.3, -0.25) is 4.84 Å². The van der Waals surface area contributed by atoms with Crippen LogP contribution in [0.15, 0.2) is 18.5 Å². The second-order valence-electron chi connectivity index (χ2n) is 1.57. The average Bonchev–Trinajstić information content (AvgIpc) is 2.49. The summed E-state index contributed by atoms with van der Waals surface area (Å²) in [6.45, 7) is 0. The maximum Gasteiger partial charge on any atom is 0.245 e. The van der Waals surface area contributed by atoms with Crippen LogP contribution < -0.4 is 5.48 Å². The number of rotatable bonds is 1. The van der Waals surface area contributed by atoms with Gasteiger partial charge < -0.3 is 0 Å². The van der Waals surface area contributed by atoms with Crippen molar-refractivity contribution in [2.24, 2.45) is 0 Å². The molecule has 1 fully saturated rings. The molecule has 1 unspecified atom stereocenters. The Bertz CT molecular complexity index is 167. The molecule has 1 saturated heterocycles. The monoisotopic (exact) mass is 111 g/mol. The summed E-state index contributed by atoms with van der Waals surface area (Å²) < 4.78 is 1.69. The molecule has 1 aliphatic heterocycles. The molecule has 0 aromatic carbocycles. The van der Waals surface area contributed by atoms with Gasteiger partial charge in [0, 0.05) is 12.4 Å². The maximum absolute atomic E-state index is 4.70. The van der Waals surface area contributed by atoms with Gasteiger partial charge in [0.25, 0.3) is 0 Å². The molecule has 42 valence electrons. The zero-order valence-corrected chi connectivity index (χ0v) is 4.11. The predicted molar refractivity (Wildman–Crippen MR) is 25.5 cm³/mol. The van der Waals surface area contributed by atoms with E-state index in [1.165, 1.54) is 0 Å². The SMILES string of the molecule is c1cnn(C2NO2)c1. The van der Waals surface area contributed by atoms with Crippen molar-refractivity contribution in [3.05, 3.63) is 18.5 Å². The molecular weight excluding hydrogens is 106 g/mol. The Morgan fingerprint density at radius 3 is 3.12 bits per heavy atom. The molecule has 1 atom stereocenters. The average molecular weight is 111 g/mol. The van der Waals surface area contributed by atoms with E-state index in [1.54, 1.807) is 10.9 Å². The Hall–Kier alpha value is -0.870. The van der Waals surface area contributed by atoms with Crippen LogP contribution in [0.5, 0.6) is 0 Å². The summed E-state index contributed by atoms with van der Waals surface area (Å²) in [5.41, 5.74) is 2.64. The lowest BCUT2D eigenvalue weighted by atomic mass is 10.7. The van der Waals surface area contributed by atoms with Crippen molar-refractivity contribution in [3.8, 4) is 0 Å². The van der Waals surface area contributed by atoms with Gasteiger partial charge in [0.15, 0.2) is 0 Å². The molecule has 0 radical (unpaired) electrons. The van der Waals surface area contributed by atoms with E-state index in [0.717, 1.165) is 0 Å². The van der Waals surface area contributed by atoms with Crippen LogP contribution in [0.4, 0.5) is 0 Å². The minimum Gasteiger partial charge on any atom is -0.252 e. The number of nitrogens with zero attached hydrogens (tertiary/aromatic N) is 2. The highest BCUT2D eigenvalue weighted by molar-refractivity contribution is 4.79. The molecule has 1 N–H and O–H groups in total. The van der Waals surface area contributed by atoms with E-state index in [0.29, 0.717) is 0 Å². The van der Waals surface area contributed by atoms with Crippen LogP contribution in [0, 0.1) is 0 Å². The van der Waals surface area contributed by atoms with Gasteiger partial charge >= 0.3 is 0 Å². The summed E-state index contributed by atoms with van der Waals surface area (Å²) >= 11 is 0. The van der Waals surface area contributed by atoms with Crippen LogP contribution in [-0.4, -0.2) is 9.78 Å². The minimum atomic E-state index is -0.00926. The molecule has 0 spiro atoms. The molecule has 1 aliphatic rings. The van der Waals surface area contributed by atoms with E-state index in [-0.39, 0.29) is 6.35 Å². The topological polar surface area (TPSA) is 52.3 Å². The first kappa shape index (κ1) is 4.05. The van der Waals surface area contributed by atoms with Gasteiger partial charge in [-0.15, -0.1) is 5.48 Å². The highest BCUT2D eigenvalue weighted by Crippen LogP contribution is 2.11. The van der Waals surface area contributed by atoms with Crippen molar-refractivity contribution in [3.63, 3.8) is 0 Å². The van der Waals surface area contributed by atoms with Gasteiger partial charge in [-0.1, -0.05) is 0 Å². The summed E-state index contributed by atoms with van der Waals surface area (Å²) in [5, 5.41) is 3.91. The molecule has 1 aromatic rings. The molecule has 4 nitrogen and oxygen atoms in total. The third kappa shape index (κ3) is 0.508. The molecule has 2 rings (SSSR count). The fourth-order valence-corrected chi connectivity index (χ4v) is 0.558. The van der Waals surface area contributed by atoms with E-state index in [2.05, 4.69) is 10.6 Å². The molecule has 2 heterocycles. The van der Waals surface area contributed by atoms with Gasteiger partial charge in [-0.25, -0.2) is 4.68 Å². The Labute approximate surface area is 46.0 Å². The predicted octanol–water partition coefficient (Wildman–Crippen LogP) is -0.126. The van der Waals surface area contributed by atoms with Crippen LogP contribution in [-0.2, 0) is 4.84 Å². The van der Waals surface area contributed by atoms with E-state index in [1.807, 2.05) is 12.3 Å². The fourth-order valence-electron chi connectivity index (χ4n) is 0.558. The smallest absolute Gasteiger partial charge is 0.245 e. The van der Waals surface area contributed by atoms with Gasteiger partial charge in [-0.2, -0.15) is 5.10 Å². The zero-order valence-electron chi connectivity index (χ0n) is 4.11. The molecule has 0 aliphatic carbocycles. The number of hydrogen-bond donors (Lipinski definition) is 1. The minimum absolute atomic E-state index is 0.00926. The quantitative estimate of drug-likeness (QED) is 0.514. The van der Waals surface area contributed by atoms with Crippen LogP contribution in [0.3, 0.4) is 0 Å². The van der Waals surface area contributed by atoms with Crippen molar-refractivity contribution in [1.29, 1.82) is 0 Å². The highest BCUT2D eigenvalue weighted by Gasteiger charge is 2.23. The van der Waals surface area contributed by atoms with Crippen molar-refractivity contribution >= 4 is 0 Å². The Morgan fingerprint density at radius 1 is 1.75 bits per heavy atom. The lowest BCUT2D eigenvalue weighted by molar-refractivity contribution is 0.318. The van der Waals surface area contributed by atoms with Crippen molar-refractivity contribution in [2.45, 2.75) is 6.35 Å².